The largest absolute Gasteiger partial charge is 0.497 e. The third-order valence-electron chi connectivity index (χ3n) is 5.59. The maximum atomic E-state index is 12.6. The minimum atomic E-state index is 0.127. The number of methoxy groups -OCH3 is 1. The average Bonchev–Trinajstić information content (AvgIpc) is 3.60. The minimum absolute atomic E-state index is 0.127. The minimum Gasteiger partial charge on any atom is -0.497 e. The van der Waals surface area contributed by atoms with Crippen LogP contribution in [-0.2, 0) is 16.0 Å². The summed E-state index contributed by atoms with van der Waals surface area (Å²) in [4.78, 5) is 28.7. The highest BCUT2D eigenvalue weighted by atomic mass is 16.5. The summed E-state index contributed by atoms with van der Waals surface area (Å²) in [6.07, 6.45) is 2.43. The van der Waals surface area contributed by atoms with Crippen LogP contribution in [0.25, 0.3) is 0 Å². The molecule has 1 saturated heterocycles. The Balaban J connectivity index is 1.27. The smallest absolute Gasteiger partial charge is 0.227 e. The van der Waals surface area contributed by atoms with Crippen molar-refractivity contribution in [1.82, 2.24) is 4.90 Å². The van der Waals surface area contributed by atoms with E-state index in [1.165, 1.54) is 0 Å². The van der Waals surface area contributed by atoms with E-state index < -0.39 is 0 Å². The Morgan fingerprint density at radius 2 is 1.62 bits per heavy atom. The molecule has 1 aliphatic carbocycles. The Morgan fingerprint density at radius 1 is 0.966 bits per heavy atom. The van der Waals surface area contributed by atoms with E-state index in [4.69, 9.17) is 4.74 Å². The molecule has 0 bridgehead atoms. The van der Waals surface area contributed by atoms with Gasteiger partial charge >= 0.3 is 0 Å². The molecule has 2 fully saturated rings. The molecule has 0 aromatic heterocycles. The number of ether oxygens (including phenoxy) is 1. The molecule has 0 atom stereocenters. The first-order chi connectivity index (χ1) is 14.1. The molecule has 6 heteroatoms. The van der Waals surface area contributed by atoms with E-state index in [0.29, 0.717) is 6.42 Å². The van der Waals surface area contributed by atoms with E-state index >= 15 is 0 Å². The summed E-state index contributed by atoms with van der Waals surface area (Å²) in [6, 6.07) is 15.6. The van der Waals surface area contributed by atoms with Crippen molar-refractivity contribution in [3.63, 3.8) is 0 Å². The van der Waals surface area contributed by atoms with Crippen molar-refractivity contribution in [1.29, 1.82) is 0 Å². The van der Waals surface area contributed by atoms with Gasteiger partial charge in [-0.15, -0.1) is 0 Å². The van der Waals surface area contributed by atoms with Gasteiger partial charge in [-0.05, 0) is 54.8 Å². The van der Waals surface area contributed by atoms with Gasteiger partial charge in [-0.3, -0.25) is 9.59 Å². The van der Waals surface area contributed by atoms with Crippen LogP contribution in [0.4, 0.5) is 11.4 Å². The van der Waals surface area contributed by atoms with Crippen LogP contribution in [0.3, 0.4) is 0 Å². The number of nitrogens with zero attached hydrogens (tertiary/aromatic N) is 2. The summed E-state index contributed by atoms with van der Waals surface area (Å²) in [5, 5.41) is 2.97. The zero-order chi connectivity index (χ0) is 20.2. The van der Waals surface area contributed by atoms with Crippen LogP contribution >= 0.6 is 0 Å². The summed E-state index contributed by atoms with van der Waals surface area (Å²) in [6.45, 7) is 3.05. The molecule has 1 aliphatic heterocycles. The van der Waals surface area contributed by atoms with Gasteiger partial charge in [0, 0.05) is 43.5 Å². The number of hydrogen-bond acceptors (Lipinski definition) is 4. The molecule has 2 aliphatic rings. The number of carbonyl (C=O) groups is 2. The second-order valence-electron chi connectivity index (χ2n) is 7.70. The summed E-state index contributed by atoms with van der Waals surface area (Å²) in [5.41, 5.74) is 2.97. The van der Waals surface area contributed by atoms with Crippen LogP contribution in [0.1, 0.15) is 18.4 Å². The molecular weight excluding hydrogens is 366 g/mol. The number of nitrogens with one attached hydrogen (secondary N) is 1. The van der Waals surface area contributed by atoms with Crippen molar-refractivity contribution >= 4 is 23.2 Å². The number of piperazine rings is 1. The Labute approximate surface area is 171 Å². The van der Waals surface area contributed by atoms with Gasteiger partial charge < -0.3 is 19.9 Å². The third-order valence-corrected chi connectivity index (χ3v) is 5.59. The topological polar surface area (TPSA) is 61.9 Å². The first-order valence-electron chi connectivity index (χ1n) is 10.2. The normalized spacial score (nSPS) is 16.4. The standard InChI is InChI=1S/C23H27N3O3/c1-29-21-10-2-17(3-11-21)16-22(27)26-14-12-25(13-15-26)20-8-6-19(7-9-20)24-23(28)18-4-5-18/h2-3,6-11,18H,4-5,12-16H2,1H3,(H,24,28). The second-order valence-corrected chi connectivity index (χ2v) is 7.70. The molecule has 29 heavy (non-hydrogen) atoms. The zero-order valence-electron chi connectivity index (χ0n) is 16.8. The van der Waals surface area contributed by atoms with Crippen molar-refractivity contribution in [3.05, 3.63) is 54.1 Å². The highest BCUT2D eigenvalue weighted by Crippen LogP contribution is 2.30. The number of hydrogen-bond donors (Lipinski definition) is 1. The quantitative estimate of drug-likeness (QED) is 0.820. The first kappa shape index (κ1) is 19.3. The molecule has 152 valence electrons. The fourth-order valence-electron chi connectivity index (χ4n) is 3.59. The summed E-state index contributed by atoms with van der Waals surface area (Å²) in [5.74, 6) is 1.29. The average molecular weight is 393 g/mol. The lowest BCUT2D eigenvalue weighted by Gasteiger charge is -2.36. The van der Waals surface area contributed by atoms with Gasteiger partial charge in [0.1, 0.15) is 5.75 Å². The Kier molecular flexibility index (Phi) is 5.69. The van der Waals surface area contributed by atoms with Crippen molar-refractivity contribution in [2.45, 2.75) is 19.3 Å². The molecule has 0 unspecified atom stereocenters. The van der Waals surface area contributed by atoms with Crippen LogP contribution in [0.2, 0.25) is 0 Å². The van der Waals surface area contributed by atoms with E-state index in [0.717, 1.165) is 61.7 Å². The lowest BCUT2D eigenvalue weighted by atomic mass is 10.1. The Hall–Kier alpha value is -3.02. The monoisotopic (exact) mass is 393 g/mol. The predicted molar refractivity (Wildman–Crippen MR) is 113 cm³/mol. The van der Waals surface area contributed by atoms with Gasteiger partial charge in [-0.25, -0.2) is 0 Å². The lowest BCUT2D eigenvalue weighted by molar-refractivity contribution is -0.130. The van der Waals surface area contributed by atoms with Gasteiger partial charge in [-0.1, -0.05) is 12.1 Å². The van der Waals surface area contributed by atoms with Crippen molar-refractivity contribution in [3.8, 4) is 5.75 Å². The van der Waals surface area contributed by atoms with Gasteiger partial charge in [0.05, 0.1) is 13.5 Å². The van der Waals surface area contributed by atoms with E-state index in [1.54, 1.807) is 7.11 Å². The highest BCUT2D eigenvalue weighted by molar-refractivity contribution is 5.94. The van der Waals surface area contributed by atoms with Crippen molar-refractivity contribution < 1.29 is 14.3 Å². The third kappa shape index (κ3) is 4.88. The number of benzene rings is 2. The number of amides is 2. The van der Waals surface area contributed by atoms with Gasteiger partial charge in [0.15, 0.2) is 0 Å². The second kappa shape index (κ2) is 8.55. The Bertz CT molecular complexity index is 852. The van der Waals surface area contributed by atoms with Crippen LogP contribution in [0.15, 0.2) is 48.5 Å². The van der Waals surface area contributed by atoms with Gasteiger partial charge in [-0.2, -0.15) is 0 Å². The number of anilines is 2. The van der Waals surface area contributed by atoms with Crippen LogP contribution < -0.4 is 15.0 Å². The summed E-state index contributed by atoms with van der Waals surface area (Å²) < 4.78 is 5.16. The predicted octanol–water partition coefficient (Wildman–Crippen LogP) is 2.94. The molecule has 1 saturated carbocycles. The fourth-order valence-corrected chi connectivity index (χ4v) is 3.59. The zero-order valence-corrected chi connectivity index (χ0v) is 16.8. The lowest BCUT2D eigenvalue weighted by Crippen LogP contribution is -2.49. The molecule has 2 aromatic rings. The molecule has 2 amide bonds. The van der Waals surface area contributed by atoms with E-state index in [-0.39, 0.29) is 17.7 Å². The highest BCUT2D eigenvalue weighted by Gasteiger charge is 2.29. The van der Waals surface area contributed by atoms with Crippen molar-refractivity contribution in [2.24, 2.45) is 5.92 Å². The van der Waals surface area contributed by atoms with E-state index in [9.17, 15) is 9.59 Å². The Morgan fingerprint density at radius 3 is 2.21 bits per heavy atom. The molecule has 2 aromatic carbocycles. The first-order valence-corrected chi connectivity index (χ1v) is 10.2. The van der Waals surface area contributed by atoms with Crippen LogP contribution in [-0.4, -0.2) is 50.0 Å². The molecule has 1 heterocycles. The fraction of sp³-hybridized carbons (Fsp3) is 0.391. The van der Waals surface area contributed by atoms with Crippen LogP contribution in [0, 0.1) is 5.92 Å². The maximum Gasteiger partial charge on any atom is 0.227 e. The molecule has 4 rings (SSSR count). The molecule has 0 radical (unpaired) electrons. The van der Waals surface area contributed by atoms with Crippen LogP contribution in [0.5, 0.6) is 5.75 Å². The van der Waals surface area contributed by atoms with Crippen molar-refractivity contribution in [2.75, 3.05) is 43.5 Å². The SMILES string of the molecule is COc1ccc(CC(=O)N2CCN(c3ccc(NC(=O)C4CC4)cc3)CC2)cc1. The number of rotatable bonds is 6. The summed E-state index contributed by atoms with van der Waals surface area (Å²) >= 11 is 0. The van der Waals surface area contributed by atoms with Gasteiger partial charge in [0.25, 0.3) is 0 Å². The van der Waals surface area contributed by atoms with Gasteiger partial charge in [0.2, 0.25) is 11.8 Å². The molecule has 6 nitrogen and oxygen atoms in total. The van der Waals surface area contributed by atoms with E-state index in [1.807, 2.05) is 53.4 Å². The molecule has 1 N–H and O–H groups in total. The van der Waals surface area contributed by atoms with E-state index in [2.05, 4.69) is 10.2 Å². The molecular formula is C23H27N3O3. The number of carbonyl (C=O) groups excluding carboxylic acids is 2. The molecule has 0 spiro atoms. The maximum absolute atomic E-state index is 12.6. The summed E-state index contributed by atoms with van der Waals surface area (Å²) in [7, 11) is 1.64.